The van der Waals surface area contributed by atoms with E-state index in [1.165, 1.54) is 0 Å². The Morgan fingerprint density at radius 2 is 1.94 bits per heavy atom. The number of hydrogen-bond acceptors (Lipinski definition) is 2. The quantitative estimate of drug-likeness (QED) is 0.640. The second kappa shape index (κ2) is 6.70. The summed E-state index contributed by atoms with van der Waals surface area (Å²) in [6.45, 7) is 0.274. The molecule has 0 aromatic heterocycles. The molecular weight excluding hydrogens is 263 g/mol. The predicted octanol–water partition coefficient (Wildman–Crippen LogP) is 3.18. The molecule has 0 aliphatic rings. The van der Waals surface area contributed by atoms with E-state index in [4.69, 9.17) is 22.7 Å². The molecule has 100 valence electrons. The zero-order valence-corrected chi connectivity index (χ0v) is 10.5. The molecule has 0 aliphatic heterocycles. The number of halogens is 3. The third-order valence-corrected chi connectivity index (χ3v) is 2.51. The van der Waals surface area contributed by atoms with Crippen LogP contribution in [0, 0.1) is 0 Å². The zero-order valence-electron chi connectivity index (χ0n) is 9.67. The Morgan fingerprint density at radius 3 is 2.56 bits per heavy atom. The fourth-order valence-corrected chi connectivity index (χ4v) is 1.64. The van der Waals surface area contributed by atoms with Crippen LogP contribution in [-0.2, 0) is 11.3 Å². The predicted molar refractivity (Wildman–Crippen MR) is 67.3 cm³/mol. The standard InChI is InChI=1S/C12H14F3NOS/c13-12(14,15)6-3-7-17-8-9-4-1-2-5-10(9)11(16)18/h1-2,4-5H,3,6-8H2,(H2,16,18). The van der Waals surface area contributed by atoms with Gasteiger partial charge in [0, 0.05) is 18.6 Å². The summed E-state index contributed by atoms with van der Waals surface area (Å²) in [5.74, 6) is 0. The minimum atomic E-state index is -4.12. The van der Waals surface area contributed by atoms with Crippen LogP contribution in [0.25, 0.3) is 0 Å². The second-order valence-electron chi connectivity index (χ2n) is 3.79. The topological polar surface area (TPSA) is 35.2 Å². The van der Waals surface area contributed by atoms with Gasteiger partial charge in [0.25, 0.3) is 0 Å². The number of ether oxygens (including phenoxy) is 1. The van der Waals surface area contributed by atoms with E-state index >= 15 is 0 Å². The number of thiocarbonyl (C=S) groups is 1. The number of alkyl halides is 3. The van der Waals surface area contributed by atoms with Gasteiger partial charge in [-0.25, -0.2) is 0 Å². The van der Waals surface area contributed by atoms with Crippen LogP contribution in [0.5, 0.6) is 0 Å². The Bertz CT molecular complexity index is 407. The Morgan fingerprint density at radius 1 is 1.28 bits per heavy atom. The van der Waals surface area contributed by atoms with Gasteiger partial charge in [-0.2, -0.15) is 13.2 Å². The summed E-state index contributed by atoms with van der Waals surface area (Å²) in [5.41, 5.74) is 7.02. The Hall–Kier alpha value is -1.14. The highest BCUT2D eigenvalue weighted by Crippen LogP contribution is 2.21. The van der Waals surface area contributed by atoms with Crippen LogP contribution in [-0.4, -0.2) is 17.8 Å². The van der Waals surface area contributed by atoms with Crippen molar-refractivity contribution in [2.24, 2.45) is 5.73 Å². The maximum atomic E-state index is 11.9. The first kappa shape index (κ1) is 14.9. The van der Waals surface area contributed by atoms with Crippen LogP contribution < -0.4 is 5.73 Å². The van der Waals surface area contributed by atoms with Crippen LogP contribution in [0.3, 0.4) is 0 Å². The summed E-state index contributed by atoms with van der Waals surface area (Å²) in [4.78, 5) is 0.254. The third-order valence-electron chi connectivity index (χ3n) is 2.29. The molecule has 0 radical (unpaired) electrons. The van der Waals surface area contributed by atoms with E-state index < -0.39 is 12.6 Å². The molecule has 18 heavy (non-hydrogen) atoms. The SMILES string of the molecule is NC(=S)c1ccccc1COCCCC(F)(F)F. The molecule has 6 heteroatoms. The lowest BCUT2D eigenvalue weighted by molar-refractivity contribution is -0.138. The van der Waals surface area contributed by atoms with E-state index in [2.05, 4.69) is 0 Å². The lowest BCUT2D eigenvalue weighted by atomic mass is 10.1. The van der Waals surface area contributed by atoms with Crippen molar-refractivity contribution in [1.82, 2.24) is 0 Å². The van der Waals surface area contributed by atoms with Gasteiger partial charge in [0.1, 0.15) is 4.99 Å². The monoisotopic (exact) mass is 277 g/mol. The summed E-state index contributed by atoms with van der Waals surface area (Å²) in [6.07, 6.45) is -5.00. The maximum Gasteiger partial charge on any atom is 0.389 e. The maximum absolute atomic E-state index is 11.9. The first-order valence-electron chi connectivity index (χ1n) is 5.42. The molecule has 0 saturated heterocycles. The minimum absolute atomic E-state index is 0.0429. The van der Waals surface area contributed by atoms with Crippen molar-refractivity contribution in [2.45, 2.75) is 25.6 Å². The molecule has 0 fully saturated rings. The van der Waals surface area contributed by atoms with Gasteiger partial charge in [-0.15, -0.1) is 0 Å². The summed E-state index contributed by atoms with van der Waals surface area (Å²) >= 11 is 4.87. The third kappa shape index (κ3) is 5.46. The lowest BCUT2D eigenvalue weighted by Gasteiger charge is -2.09. The van der Waals surface area contributed by atoms with E-state index in [1.54, 1.807) is 24.3 Å². The van der Waals surface area contributed by atoms with Crippen LogP contribution in [0.15, 0.2) is 24.3 Å². The second-order valence-corrected chi connectivity index (χ2v) is 4.23. The van der Waals surface area contributed by atoms with E-state index in [0.717, 1.165) is 5.56 Å². The van der Waals surface area contributed by atoms with Gasteiger partial charge in [0.05, 0.1) is 6.61 Å². The van der Waals surface area contributed by atoms with Crippen LogP contribution in [0.4, 0.5) is 13.2 Å². The fraction of sp³-hybridized carbons (Fsp3) is 0.417. The van der Waals surface area contributed by atoms with Gasteiger partial charge in [0.2, 0.25) is 0 Å². The molecule has 0 bridgehead atoms. The molecule has 1 rings (SSSR count). The first-order chi connectivity index (χ1) is 8.40. The summed E-state index contributed by atoms with van der Waals surface area (Å²) < 4.78 is 40.9. The van der Waals surface area contributed by atoms with Crippen molar-refractivity contribution < 1.29 is 17.9 Å². The van der Waals surface area contributed by atoms with Gasteiger partial charge in [-0.1, -0.05) is 36.5 Å². The van der Waals surface area contributed by atoms with Crippen molar-refractivity contribution in [1.29, 1.82) is 0 Å². The van der Waals surface area contributed by atoms with E-state index in [-0.39, 0.29) is 24.6 Å². The van der Waals surface area contributed by atoms with E-state index in [0.29, 0.717) is 5.56 Å². The zero-order chi connectivity index (χ0) is 13.6. The molecule has 0 aliphatic carbocycles. The minimum Gasteiger partial charge on any atom is -0.389 e. The lowest BCUT2D eigenvalue weighted by Crippen LogP contribution is -2.13. The van der Waals surface area contributed by atoms with Gasteiger partial charge in [-0.05, 0) is 12.0 Å². The van der Waals surface area contributed by atoms with Crippen LogP contribution in [0.1, 0.15) is 24.0 Å². The molecule has 0 heterocycles. The van der Waals surface area contributed by atoms with Crippen molar-refractivity contribution in [3.63, 3.8) is 0 Å². The summed E-state index contributed by atoms with van der Waals surface area (Å²) in [6, 6.07) is 7.15. The first-order valence-corrected chi connectivity index (χ1v) is 5.83. The van der Waals surface area contributed by atoms with Gasteiger partial charge in [0.15, 0.2) is 0 Å². The number of hydrogen-bond donors (Lipinski definition) is 1. The average molecular weight is 277 g/mol. The van der Waals surface area contributed by atoms with E-state index in [1.807, 2.05) is 0 Å². The molecule has 2 N–H and O–H groups in total. The normalized spacial score (nSPS) is 11.5. The molecule has 1 aromatic rings. The molecule has 0 saturated carbocycles. The van der Waals surface area contributed by atoms with Gasteiger partial charge < -0.3 is 10.5 Å². The van der Waals surface area contributed by atoms with Crippen LogP contribution >= 0.6 is 12.2 Å². The fourth-order valence-electron chi connectivity index (χ4n) is 1.44. The number of nitrogens with two attached hydrogens (primary N) is 1. The average Bonchev–Trinajstić information content (AvgIpc) is 2.27. The highest BCUT2D eigenvalue weighted by atomic mass is 32.1. The van der Waals surface area contributed by atoms with Crippen molar-refractivity contribution in [3.05, 3.63) is 35.4 Å². The Balaban J connectivity index is 2.38. The highest BCUT2D eigenvalue weighted by molar-refractivity contribution is 7.80. The molecule has 0 amide bonds. The Labute approximate surface area is 109 Å². The molecule has 0 unspecified atom stereocenters. The molecule has 1 aromatic carbocycles. The molecule has 0 spiro atoms. The molecular formula is C12H14F3NOS. The summed E-state index contributed by atoms with van der Waals surface area (Å²) in [5, 5.41) is 0. The van der Waals surface area contributed by atoms with E-state index in [9.17, 15) is 13.2 Å². The Kier molecular flexibility index (Phi) is 5.55. The number of benzene rings is 1. The molecule has 0 atom stereocenters. The highest BCUT2D eigenvalue weighted by Gasteiger charge is 2.25. The van der Waals surface area contributed by atoms with Crippen molar-refractivity contribution in [2.75, 3.05) is 6.61 Å². The largest absolute Gasteiger partial charge is 0.389 e. The summed E-state index contributed by atoms with van der Waals surface area (Å²) in [7, 11) is 0. The number of rotatable bonds is 6. The van der Waals surface area contributed by atoms with Crippen molar-refractivity contribution >= 4 is 17.2 Å². The van der Waals surface area contributed by atoms with Gasteiger partial charge >= 0.3 is 6.18 Å². The van der Waals surface area contributed by atoms with Crippen molar-refractivity contribution in [3.8, 4) is 0 Å². The van der Waals surface area contributed by atoms with Crippen LogP contribution in [0.2, 0.25) is 0 Å². The smallest absolute Gasteiger partial charge is 0.389 e. The molecule has 2 nitrogen and oxygen atoms in total. The van der Waals surface area contributed by atoms with Gasteiger partial charge in [-0.3, -0.25) is 0 Å².